The van der Waals surface area contributed by atoms with Crippen LogP contribution in [0.4, 0.5) is 8.78 Å². The van der Waals surface area contributed by atoms with Gasteiger partial charge in [-0.1, -0.05) is 19.1 Å². The van der Waals surface area contributed by atoms with Crippen molar-refractivity contribution in [2.75, 3.05) is 20.3 Å². The molecule has 0 spiro atoms. The van der Waals surface area contributed by atoms with Crippen LogP contribution in [0.3, 0.4) is 0 Å². The molecule has 18 heavy (non-hydrogen) atoms. The summed E-state index contributed by atoms with van der Waals surface area (Å²) in [6.45, 7) is 4.82. The molecule has 4 heteroatoms. The molecule has 1 unspecified atom stereocenters. The van der Waals surface area contributed by atoms with E-state index in [1.807, 2.05) is 6.92 Å². The van der Waals surface area contributed by atoms with Crippen molar-refractivity contribution in [3.8, 4) is 0 Å². The molecule has 1 aromatic rings. The summed E-state index contributed by atoms with van der Waals surface area (Å²) in [5.41, 5.74) is 0.689. The number of hydrogen-bond donors (Lipinski definition) is 1. The number of rotatable bonds is 7. The second-order valence-corrected chi connectivity index (χ2v) is 4.34. The third kappa shape index (κ3) is 3.75. The largest absolute Gasteiger partial charge is 0.381 e. The second kappa shape index (κ2) is 7.44. The maximum Gasteiger partial charge on any atom is 0.163 e. The normalized spacial score (nSPS) is 12.7. The van der Waals surface area contributed by atoms with Gasteiger partial charge < -0.3 is 10.1 Å². The van der Waals surface area contributed by atoms with E-state index >= 15 is 0 Å². The highest BCUT2D eigenvalue weighted by atomic mass is 19.2. The van der Waals surface area contributed by atoms with Crippen LogP contribution in [-0.4, -0.2) is 20.3 Å². The van der Waals surface area contributed by atoms with Crippen LogP contribution in [-0.2, 0) is 4.74 Å². The third-order valence-electron chi connectivity index (χ3n) is 2.93. The molecular weight excluding hydrogens is 236 g/mol. The van der Waals surface area contributed by atoms with Gasteiger partial charge in [0.05, 0.1) is 0 Å². The fraction of sp³-hybridized carbons (Fsp3) is 0.571. The lowest BCUT2D eigenvalue weighted by Crippen LogP contribution is -2.20. The SMILES string of the molecule is CCCOCCC(NC)c1ccc(C)c(F)c1F. The van der Waals surface area contributed by atoms with Crippen molar-refractivity contribution < 1.29 is 13.5 Å². The standard InChI is InChI=1S/C14H21F2NO/c1-4-8-18-9-7-12(17-3)11-6-5-10(2)13(15)14(11)16/h5-6,12,17H,4,7-9H2,1-3H3. The number of nitrogens with one attached hydrogen (secondary N) is 1. The van der Waals surface area contributed by atoms with Crippen molar-refractivity contribution in [2.45, 2.75) is 32.7 Å². The third-order valence-corrected chi connectivity index (χ3v) is 2.93. The van der Waals surface area contributed by atoms with Crippen molar-refractivity contribution in [1.29, 1.82) is 0 Å². The first-order valence-electron chi connectivity index (χ1n) is 6.31. The Morgan fingerprint density at radius 2 is 1.94 bits per heavy atom. The molecule has 0 aliphatic heterocycles. The van der Waals surface area contributed by atoms with Gasteiger partial charge in [-0.25, -0.2) is 8.78 Å². The fourth-order valence-electron chi connectivity index (χ4n) is 1.83. The van der Waals surface area contributed by atoms with Crippen molar-refractivity contribution in [3.05, 3.63) is 34.9 Å². The average Bonchev–Trinajstić information content (AvgIpc) is 2.38. The van der Waals surface area contributed by atoms with Gasteiger partial charge in [-0.2, -0.15) is 0 Å². The van der Waals surface area contributed by atoms with Crippen LogP contribution < -0.4 is 5.32 Å². The van der Waals surface area contributed by atoms with Gasteiger partial charge in [-0.05, 0) is 32.4 Å². The fourth-order valence-corrected chi connectivity index (χ4v) is 1.83. The first kappa shape index (κ1) is 15.1. The minimum atomic E-state index is -0.762. The van der Waals surface area contributed by atoms with Crippen molar-refractivity contribution in [2.24, 2.45) is 0 Å². The van der Waals surface area contributed by atoms with Gasteiger partial charge in [0, 0.05) is 24.8 Å². The van der Waals surface area contributed by atoms with Gasteiger partial charge >= 0.3 is 0 Å². The van der Waals surface area contributed by atoms with E-state index in [9.17, 15) is 8.78 Å². The highest BCUT2D eigenvalue weighted by Gasteiger charge is 2.18. The lowest BCUT2D eigenvalue weighted by molar-refractivity contribution is 0.125. The number of halogens is 2. The van der Waals surface area contributed by atoms with Gasteiger partial charge in [-0.3, -0.25) is 0 Å². The number of aryl methyl sites for hydroxylation is 1. The molecule has 1 rings (SSSR count). The Hall–Kier alpha value is -1.00. The molecule has 1 N–H and O–H groups in total. The van der Waals surface area contributed by atoms with Crippen molar-refractivity contribution in [3.63, 3.8) is 0 Å². The number of ether oxygens (including phenoxy) is 1. The number of hydrogen-bond acceptors (Lipinski definition) is 2. The molecule has 0 aliphatic rings. The summed E-state index contributed by atoms with van der Waals surface area (Å²) in [5, 5.41) is 3.00. The zero-order valence-electron chi connectivity index (χ0n) is 11.2. The summed E-state index contributed by atoms with van der Waals surface area (Å²) in [6.07, 6.45) is 1.58. The van der Waals surface area contributed by atoms with Crippen LogP contribution in [0.1, 0.15) is 36.9 Å². The topological polar surface area (TPSA) is 21.3 Å². The maximum atomic E-state index is 13.8. The molecule has 1 aromatic carbocycles. The summed E-state index contributed by atoms with van der Waals surface area (Å²) in [6, 6.07) is 3.01. The lowest BCUT2D eigenvalue weighted by atomic mass is 10.0. The molecule has 0 aromatic heterocycles. The minimum Gasteiger partial charge on any atom is -0.381 e. The van der Waals surface area contributed by atoms with E-state index in [1.54, 1.807) is 26.1 Å². The van der Waals surface area contributed by atoms with Crippen LogP contribution in [0.5, 0.6) is 0 Å². The second-order valence-electron chi connectivity index (χ2n) is 4.34. The Kier molecular flexibility index (Phi) is 6.22. The van der Waals surface area contributed by atoms with E-state index in [0.717, 1.165) is 6.42 Å². The Morgan fingerprint density at radius 3 is 2.56 bits per heavy atom. The molecule has 102 valence electrons. The van der Waals surface area contributed by atoms with Crippen molar-refractivity contribution >= 4 is 0 Å². The van der Waals surface area contributed by atoms with E-state index in [2.05, 4.69) is 5.32 Å². The monoisotopic (exact) mass is 257 g/mol. The van der Waals surface area contributed by atoms with Crippen LogP contribution in [0.15, 0.2) is 12.1 Å². The average molecular weight is 257 g/mol. The van der Waals surface area contributed by atoms with Crippen LogP contribution in [0.25, 0.3) is 0 Å². The molecule has 0 saturated heterocycles. The molecule has 0 aliphatic carbocycles. The lowest BCUT2D eigenvalue weighted by Gasteiger charge is -2.18. The highest BCUT2D eigenvalue weighted by Crippen LogP contribution is 2.23. The zero-order valence-corrected chi connectivity index (χ0v) is 11.2. The Labute approximate surface area is 107 Å². The summed E-state index contributed by atoms with van der Waals surface area (Å²) >= 11 is 0. The first-order valence-corrected chi connectivity index (χ1v) is 6.31. The van der Waals surface area contributed by atoms with Gasteiger partial charge in [0.1, 0.15) is 0 Å². The molecular formula is C14H21F2NO. The van der Waals surface area contributed by atoms with Crippen LogP contribution in [0, 0.1) is 18.6 Å². The molecule has 0 amide bonds. The predicted molar refractivity (Wildman–Crippen MR) is 68.6 cm³/mol. The molecule has 1 atom stereocenters. The summed E-state index contributed by atoms with van der Waals surface area (Å²) in [7, 11) is 1.74. The maximum absolute atomic E-state index is 13.8. The molecule has 0 heterocycles. The summed E-state index contributed by atoms with van der Waals surface area (Å²) in [4.78, 5) is 0. The molecule has 0 fully saturated rings. The molecule has 0 saturated carbocycles. The van der Waals surface area contributed by atoms with Gasteiger partial charge in [0.25, 0.3) is 0 Å². The van der Waals surface area contributed by atoms with E-state index in [-0.39, 0.29) is 6.04 Å². The number of benzene rings is 1. The first-order chi connectivity index (χ1) is 8.61. The molecule has 0 radical (unpaired) electrons. The van der Waals surface area contributed by atoms with Gasteiger partial charge in [0.15, 0.2) is 11.6 Å². The highest BCUT2D eigenvalue weighted by molar-refractivity contribution is 5.27. The summed E-state index contributed by atoms with van der Waals surface area (Å²) in [5.74, 6) is -1.52. The van der Waals surface area contributed by atoms with E-state index in [0.29, 0.717) is 30.8 Å². The van der Waals surface area contributed by atoms with E-state index in [1.165, 1.54) is 0 Å². The smallest absolute Gasteiger partial charge is 0.163 e. The zero-order chi connectivity index (χ0) is 13.5. The quantitative estimate of drug-likeness (QED) is 0.756. The van der Waals surface area contributed by atoms with Crippen LogP contribution in [0.2, 0.25) is 0 Å². The predicted octanol–water partition coefficient (Wildman–Crippen LogP) is 3.35. The summed E-state index contributed by atoms with van der Waals surface area (Å²) < 4.78 is 32.7. The van der Waals surface area contributed by atoms with Crippen LogP contribution >= 0.6 is 0 Å². The van der Waals surface area contributed by atoms with Gasteiger partial charge in [-0.15, -0.1) is 0 Å². The Balaban J connectivity index is 2.73. The van der Waals surface area contributed by atoms with Gasteiger partial charge in [0.2, 0.25) is 0 Å². The minimum absolute atomic E-state index is 0.225. The molecule has 0 bridgehead atoms. The molecule has 2 nitrogen and oxygen atoms in total. The van der Waals surface area contributed by atoms with E-state index < -0.39 is 11.6 Å². The Bertz CT molecular complexity index is 382. The van der Waals surface area contributed by atoms with E-state index in [4.69, 9.17) is 4.74 Å². The van der Waals surface area contributed by atoms with Crippen molar-refractivity contribution in [1.82, 2.24) is 5.32 Å². The Morgan fingerprint density at radius 1 is 1.22 bits per heavy atom.